The van der Waals surface area contributed by atoms with Crippen LogP contribution in [0.4, 0.5) is 11.4 Å². The highest BCUT2D eigenvalue weighted by atomic mass is 32.1. The zero-order valence-electron chi connectivity index (χ0n) is 27.4. The van der Waals surface area contributed by atoms with E-state index in [0.29, 0.717) is 49.0 Å². The van der Waals surface area contributed by atoms with E-state index < -0.39 is 5.91 Å². The van der Waals surface area contributed by atoms with Crippen molar-refractivity contribution in [3.63, 3.8) is 0 Å². The Morgan fingerprint density at radius 1 is 1.21 bits per heavy atom. The fourth-order valence-corrected chi connectivity index (χ4v) is 6.53. The van der Waals surface area contributed by atoms with E-state index in [-0.39, 0.29) is 13.3 Å². The summed E-state index contributed by atoms with van der Waals surface area (Å²) in [4.78, 5) is 36.3. The summed E-state index contributed by atoms with van der Waals surface area (Å²) in [6, 6.07) is 13.0. The van der Waals surface area contributed by atoms with Gasteiger partial charge in [0.1, 0.15) is 0 Å². The maximum atomic E-state index is 13.6. The fourth-order valence-electron chi connectivity index (χ4n) is 5.79. The third-order valence-corrected chi connectivity index (χ3v) is 9.28. The van der Waals surface area contributed by atoms with Gasteiger partial charge in [-0.05, 0) is 74.7 Å². The SMILES string of the molecule is CCN(C(=O)[C@@H]1CCN(CCOCN2CC=C(c3ccc(C(N)=O)cc3)CC2)C1)c1ccc(N)c(C(=N)c2cnc(C)s2)c1.CNO.[HH]. The maximum absolute atomic E-state index is 13.6. The van der Waals surface area contributed by atoms with Crippen LogP contribution in [0.5, 0.6) is 0 Å². The van der Waals surface area contributed by atoms with Crippen LogP contribution in [0.1, 0.15) is 52.6 Å². The molecule has 1 saturated heterocycles. The number of benzene rings is 2. The molecule has 0 aliphatic carbocycles. The average Bonchev–Trinajstić information content (AvgIpc) is 3.74. The molecule has 1 aromatic heterocycles. The van der Waals surface area contributed by atoms with Gasteiger partial charge >= 0.3 is 0 Å². The number of ether oxygens (including phenoxy) is 1. The van der Waals surface area contributed by atoms with Crippen LogP contribution in [-0.2, 0) is 9.53 Å². The normalized spacial score (nSPS) is 16.7. The number of nitrogen functional groups attached to an aromatic ring is 1. The van der Waals surface area contributed by atoms with Crippen LogP contribution in [0.3, 0.4) is 0 Å². The lowest BCUT2D eigenvalue weighted by atomic mass is 9.98. The lowest BCUT2D eigenvalue weighted by molar-refractivity contribution is -0.122. The Labute approximate surface area is 282 Å². The molecule has 7 N–H and O–H groups in total. The lowest BCUT2D eigenvalue weighted by Gasteiger charge is -2.27. The quantitative estimate of drug-likeness (QED) is 0.0835. The average molecular weight is 665 g/mol. The number of nitrogens with two attached hydrogens (primary N) is 2. The fraction of sp³-hybridized carbons (Fsp3) is 0.412. The minimum atomic E-state index is -0.412. The topological polar surface area (TPSA) is 174 Å². The maximum Gasteiger partial charge on any atom is 0.248 e. The molecule has 0 unspecified atom stereocenters. The third-order valence-electron chi connectivity index (χ3n) is 8.35. The second kappa shape index (κ2) is 17.3. The first-order valence-electron chi connectivity index (χ1n) is 15.8. The molecule has 0 bridgehead atoms. The Morgan fingerprint density at radius 3 is 2.57 bits per heavy atom. The Morgan fingerprint density at radius 2 is 1.96 bits per heavy atom. The summed E-state index contributed by atoms with van der Waals surface area (Å²) in [6.45, 7) is 9.70. The van der Waals surface area contributed by atoms with Gasteiger partial charge in [0.15, 0.2) is 0 Å². The number of aromatic nitrogens is 1. The number of carbonyl (C=O) groups is 2. The molecule has 254 valence electrons. The van der Waals surface area contributed by atoms with Crippen LogP contribution >= 0.6 is 11.3 Å². The van der Waals surface area contributed by atoms with E-state index in [4.69, 9.17) is 26.8 Å². The van der Waals surface area contributed by atoms with E-state index >= 15 is 0 Å². The van der Waals surface area contributed by atoms with Crippen molar-refractivity contribution in [2.24, 2.45) is 11.7 Å². The number of hydroxylamine groups is 1. The van der Waals surface area contributed by atoms with Gasteiger partial charge in [-0.2, -0.15) is 0 Å². The van der Waals surface area contributed by atoms with E-state index in [2.05, 4.69) is 20.9 Å². The van der Waals surface area contributed by atoms with Crippen LogP contribution < -0.4 is 21.8 Å². The number of carbonyl (C=O) groups excluding carboxylic acids is 2. The van der Waals surface area contributed by atoms with Crippen LogP contribution in [0.15, 0.2) is 54.7 Å². The first-order valence-corrected chi connectivity index (χ1v) is 16.6. The Bertz CT molecular complexity index is 1560. The van der Waals surface area contributed by atoms with Crippen molar-refractivity contribution in [2.45, 2.75) is 26.7 Å². The number of nitrogens with zero attached hydrogens (tertiary/aromatic N) is 4. The van der Waals surface area contributed by atoms with Crippen molar-refractivity contribution >= 4 is 45.8 Å². The molecular weight excluding hydrogens is 616 g/mol. The van der Waals surface area contributed by atoms with Crippen molar-refractivity contribution in [1.82, 2.24) is 20.3 Å². The van der Waals surface area contributed by atoms with Crippen molar-refractivity contribution in [3.8, 4) is 0 Å². The number of primary amides is 1. The minimum Gasteiger partial charge on any atom is -0.398 e. The molecule has 1 fully saturated rings. The molecule has 2 aromatic carbocycles. The number of rotatable bonds is 12. The molecular formula is C34H48N8O4S. The van der Waals surface area contributed by atoms with Crippen LogP contribution in [0.2, 0.25) is 0 Å². The third kappa shape index (κ3) is 9.53. The number of thiazole rings is 1. The van der Waals surface area contributed by atoms with Gasteiger partial charge in [-0.3, -0.25) is 19.9 Å². The van der Waals surface area contributed by atoms with Gasteiger partial charge in [-0.15, -0.1) is 11.3 Å². The highest BCUT2D eigenvalue weighted by Crippen LogP contribution is 2.28. The van der Waals surface area contributed by atoms with Gasteiger partial charge in [0, 0.05) is 69.9 Å². The standard InChI is InChI=1S/C33H41N7O3S.CH5NO.H2/c1-3-40(27-8-9-29(34)28(18-27)31(35)30-19-37-22(2)44-30)33(42)26-12-13-38(20-26)16-17-43-21-39-14-10-24(11-15-39)23-4-6-25(7-5-23)32(36)41;1-2-3;/h4-10,18-19,26,35H,3,11-17,20-21,34H2,1-2H3,(H2,36,41);2-3H,1H3;1H/t26-;;/m1../s1. The summed E-state index contributed by atoms with van der Waals surface area (Å²) in [5.41, 5.74) is 18.5. The molecule has 0 spiro atoms. The molecule has 0 saturated carbocycles. The molecule has 2 aliphatic rings. The molecule has 13 heteroatoms. The predicted molar refractivity (Wildman–Crippen MR) is 189 cm³/mol. The van der Waals surface area contributed by atoms with Crippen molar-refractivity contribution in [2.75, 3.05) is 70.3 Å². The van der Waals surface area contributed by atoms with E-state index in [1.165, 1.54) is 24.0 Å². The summed E-state index contributed by atoms with van der Waals surface area (Å²) in [5, 5.41) is 16.9. The molecule has 2 aliphatic heterocycles. The van der Waals surface area contributed by atoms with Gasteiger partial charge in [-0.1, -0.05) is 18.2 Å². The number of nitrogens with one attached hydrogen (secondary N) is 2. The molecule has 3 aromatic rings. The Kier molecular flexibility index (Phi) is 13.2. The second-order valence-electron chi connectivity index (χ2n) is 11.5. The number of hydrogen-bond donors (Lipinski definition) is 5. The number of anilines is 2. The zero-order valence-corrected chi connectivity index (χ0v) is 28.2. The van der Waals surface area contributed by atoms with Gasteiger partial charge in [-0.25, -0.2) is 10.5 Å². The number of aryl methyl sites for hydroxylation is 1. The van der Waals surface area contributed by atoms with E-state index in [0.717, 1.165) is 60.2 Å². The van der Waals surface area contributed by atoms with Gasteiger partial charge in [0.25, 0.3) is 0 Å². The molecule has 3 heterocycles. The second-order valence-corrected chi connectivity index (χ2v) is 12.8. The zero-order chi connectivity index (χ0) is 33.9. The minimum absolute atomic E-state index is 0. The van der Waals surface area contributed by atoms with Crippen LogP contribution in [0, 0.1) is 18.3 Å². The smallest absolute Gasteiger partial charge is 0.248 e. The molecule has 47 heavy (non-hydrogen) atoms. The molecule has 0 radical (unpaired) electrons. The summed E-state index contributed by atoms with van der Waals surface area (Å²) in [6.07, 6.45) is 5.65. The first-order chi connectivity index (χ1) is 22.6. The van der Waals surface area contributed by atoms with Crippen molar-refractivity contribution in [1.29, 1.82) is 5.41 Å². The number of likely N-dealkylation sites (tertiary alicyclic amines) is 1. The molecule has 5 rings (SSSR count). The highest BCUT2D eigenvalue weighted by Gasteiger charge is 2.32. The lowest BCUT2D eigenvalue weighted by Crippen LogP contribution is -2.38. The summed E-state index contributed by atoms with van der Waals surface area (Å²) in [7, 11) is 1.43. The summed E-state index contributed by atoms with van der Waals surface area (Å²) in [5.74, 6) is -0.390. The highest BCUT2D eigenvalue weighted by molar-refractivity contribution is 7.13. The Hall–Kier alpha value is -3.98. The van der Waals surface area contributed by atoms with E-state index in [1.54, 1.807) is 29.9 Å². The molecule has 2 amide bonds. The van der Waals surface area contributed by atoms with Crippen LogP contribution in [0.25, 0.3) is 5.57 Å². The monoisotopic (exact) mass is 664 g/mol. The molecule has 12 nitrogen and oxygen atoms in total. The summed E-state index contributed by atoms with van der Waals surface area (Å²) < 4.78 is 6.01. The van der Waals surface area contributed by atoms with Crippen LogP contribution in [-0.4, -0.2) is 97.2 Å². The molecule has 1 atom stereocenters. The van der Waals surface area contributed by atoms with Gasteiger partial charge in [0.2, 0.25) is 11.8 Å². The number of hydrogen-bond acceptors (Lipinski definition) is 11. The Balaban J connectivity index is 0.00000151. The van der Waals surface area contributed by atoms with Gasteiger partial charge < -0.3 is 31.2 Å². The van der Waals surface area contributed by atoms with Gasteiger partial charge in [0.05, 0.1) is 34.9 Å². The predicted octanol–water partition coefficient (Wildman–Crippen LogP) is 3.83. The van der Waals surface area contributed by atoms with E-state index in [9.17, 15) is 9.59 Å². The van der Waals surface area contributed by atoms with Crippen molar-refractivity contribution in [3.05, 3.63) is 81.3 Å². The van der Waals surface area contributed by atoms with E-state index in [1.807, 2.05) is 43.0 Å². The number of amides is 2. The first kappa shape index (κ1) is 35.9. The summed E-state index contributed by atoms with van der Waals surface area (Å²) >= 11 is 1.46. The van der Waals surface area contributed by atoms with Crippen molar-refractivity contribution < 1.29 is 21.0 Å². The largest absolute Gasteiger partial charge is 0.398 e.